The molecule has 21 heavy (non-hydrogen) atoms. The van der Waals surface area contributed by atoms with Crippen LogP contribution in [0.25, 0.3) is 6.08 Å². The Kier molecular flexibility index (Phi) is 4.77. The summed E-state index contributed by atoms with van der Waals surface area (Å²) in [5.74, 6) is 0.991. The van der Waals surface area contributed by atoms with Crippen LogP contribution in [0.5, 0.6) is 5.75 Å². The van der Waals surface area contributed by atoms with E-state index >= 15 is 0 Å². The number of ether oxygens (including phenoxy) is 1. The quantitative estimate of drug-likeness (QED) is 0.821. The van der Waals surface area contributed by atoms with Gasteiger partial charge in [0.1, 0.15) is 12.4 Å². The number of aryl methyl sites for hydroxylation is 1. The SMILES string of the molecule is C1=Cc2ccccc2OC1.Cc1ccc(S(=O)(=O)O)cc1. The molecule has 1 N–H and O–H groups in total. The van der Waals surface area contributed by atoms with Crippen molar-refractivity contribution in [3.63, 3.8) is 0 Å². The van der Waals surface area contributed by atoms with Crippen LogP contribution in [0.3, 0.4) is 0 Å². The molecular weight excluding hydrogens is 288 g/mol. The minimum Gasteiger partial charge on any atom is -0.489 e. The number of hydrogen-bond donors (Lipinski definition) is 1. The zero-order chi connectivity index (χ0) is 15.3. The first-order valence-corrected chi connectivity index (χ1v) is 7.83. The van der Waals surface area contributed by atoms with Crippen LogP contribution in [0.4, 0.5) is 0 Å². The molecule has 0 unspecified atom stereocenters. The maximum absolute atomic E-state index is 10.5. The van der Waals surface area contributed by atoms with Gasteiger partial charge in [0.2, 0.25) is 0 Å². The van der Waals surface area contributed by atoms with E-state index in [0.29, 0.717) is 6.61 Å². The normalized spacial score (nSPS) is 12.7. The van der Waals surface area contributed by atoms with Gasteiger partial charge in [0.25, 0.3) is 10.1 Å². The van der Waals surface area contributed by atoms with Crippen LogP contribution in [-0.4, -0.2) is 19.6 Å². The van der Waals surface area contributed by atoms with Crippen molar-refractivity contribution >= 4 is 16.2 Å². The molecule has 0 saturated heterocycles. The molecule has 1 heterocycles. The van der Waals surface area contributed by atoms with Gasteiger partial charge in [-0.2, -0.15) is 8.42 Å². The van der Waals surface area contributed by atoms with Crippen molar-refractivity contribution in [3.8, 4) is 5.75 Å². The smallest absolute Gasteiger partial charge is 0.294 e. The molecule has 1 aliphatic rings. The first kappa shape index (κ1) is 15.3. The van der Waals surface area contributed by atoms with E-state index in [1.807, 2.05) is 37.3 Å². The first-order valence-electron chi connectivity index (χ1n) is 6.39. The van der Waals surface area contributed by atoms with Gasteiger partial charge < -0.3 is 4.74 Å². The summed E-state index contributed by atoms with van der Waals surface area (Å²) >= 11 is 0. The summed E-state index contributed by atoms with van der Waals surface area (Å²) < 4.78 is 34.9. The fourth-order valence-corrected chi connectivity index (χ4v) is 2.25. The maximum atomic E-state index is 10.5. The van der Waals surface area contributed by atoms with Gasteiger partial charge in [-0.25, -0.2) is 0 Å². The number of fused-ring (bicyclic) bond motifs is 1. The highest BCUT2D eigenvalue weighted by molar-refractivity contribution is 7.85. The summed E-state index contributed by atoms with van der Waals surface area (Å²) in [4.78, 5) is -0.0666. The Balaban J connectivity index is 0.000000154. The highest BCUT2D eigenvalue weighted by atomic mass is 32.2. The minimum atomic E-state index is -4.02. The fraction of sp³-hybridized carbons (Fsp3) is 0.125. The van der Waals surface area contributed by atoms with Crippen molar-refractivity contribution in [2.24, 2.45) is 0 Å². The molecule has 0 amide bonds. The lowest BCUT2D eigenvalue weighted by Gasteiger charge is -2.10. The van der Waals surface area contributed by atoms with Crippen molar-refractivity contribution < 1.29 is 17.7 Å². The van der Waals surface area contributed by atoms with E-state index in [0.717, 1.165) is 11.3 Å². The van der Waals surface area contributed by atoms with E-state index < -0.39 is 10.1 Å². The average Bonchev–Trinajstić information content (AvgIpc) is 2.47. The second kappa shape index (κ2) is 6.56. The molecule has 3 rings (SSSR count). The molecule has 0 aromatic heterocycles. The fourth-order valence-electron chi connectivity index (χ4n) is 1.77. The maximum Gasteiger partial charge on any atom is 0.294 e. The second-order valence-corrected chi connectivity index (χ2v) is 5.96. The van der Waals surface area contributed by atoms with Crippen LogP contribution < -0.4 is 4.74 Å². The third kappa shape index (κ3) is 4.44. The van der Waals surface area contributed by atoms with E-state index in [1.165, 1.54) is 17.7 Å². The number of rotatable bonds is 1. The topological polar surface area (TPSA) is 63.6 Å². The van der Waals surface area contributed by atoms with Crippen LogP contribution in [0, 0.1) is 6.92 Å². The van der Waals surface area contributed by atoms with Gasteiger partial charge in [0.15, 0.2) is 0 Å². The molecule has 4 nitrogen and oxygen atoms in total. The molecule has 5 heteroatoms. The zero-order valence-electron chi connectivity index (χ0n) is 11.6. The van der Waals surface area contributed by atoms with Crippen molar-refractivity contribution in [2.75, 3.05) is 6.61 Å². The van der Waals surface area contributed by atoms with Crippen molar-refractivity contribution in [1.29, 1.82) is 0 Å². The van der Waals surface area contributed by atoms with E-state index in [2.05, 4.69) is 6.08 Å². The Morgan fingerprint density at radius 2 is 1.71 bits per heavy atom. The lowest BCUT2D eigenvalue weighted by atomic mass is 10.1. The monoisotopic (exact) mass is 304 g/mol. The summed E-state index contributed by atoms with van der Waals surface area (Å²) in [6.07, 6.45) is 4.10. The molecule has 2 aromatic carbocycles. The van der Waals surface area contributed by atoms with Gasteiger partial charge in [-0.05, 0) is 31.2 Å². The van der Waals surface area contributed by atoms with Crippen LogP contribution in [0.15, 0.2) is 59.5 Å². The van der Waals surface area contributed by atoms with E-state index in [-0.39, 0.29) is 4.90 Å². The number of hydrogen-bond acceptors (Lipinski definition) is 3. The lowest BCUT2D eigenvalue weighted by molar-refractivity contribution is 0.358. The van der Waals surface area contributed by atoms with Crippen molar-refractivity contribution in [2.45, 2.75) is 11.8 Å². The highest BCUT2D eigenvalue weighted by Gasteiger charge is 2.06. The van der Waals surface area contributed by atoms with Gasteiger partial charge in [-0.15, -0.1) is 0 Å². The summed E-state index contributed by atoms with van der Waals surface area (Å²) in [6.45, 7) is 2.55. The van der Waals surface area contributed by atoms with Crippen molar-refractivity contribution in [1.82, 2.24) is 0 Å². The van der Waals surface area contributed by atoms with Gasteiger partial charge in [-0.3, -0.25) is 4.55 Å². The molecule has 110 valence electrons. The summed E-state index contributed by atoms with van der Waals surface area (Å²) in [5, 5.41) is 0. The Morgan fingerprint density at radius 1 is 1.05 bits per heavy atom. The molecule has 1 aliphatic heterocycles. The first-order chi connectivity index (χ1) is 9.97. The molecule has 0 aliphatic carbocycles. The standard InChI is InChI=1S/C9H8O.C7H8O3S/c1-2-6-9-8(4-1)5-3-7-10-9;1-6-2-4-7(5-3-6)11(8,9)10/h1-6H,7H2;2-5H,1H3,(H,8,9,10). The Hall–Kier alpha value is -2.11. The van der Waals surface area contributed by atoms with E-state index in [4.69, 9.17) is 9.29 Å². The summed E-state index contributed by atoms with van der Waals surface area (Å²) in [6, 6.07) is 14.0. The van der Waals surface area contributed by atoms with E-state index in [9.17, 15) is 8.42 Å². The average molecular weight is 304 g/mol. The van der Waals surface area contributed by atoms with Gasteiger partial charge in [-0.1, -0.05) is 42.0 Å². The molecule has 0 atom stereocenters. The van der Waals surface area contributed by atoms with E-state index in [1.54, 1.807) is 12.1 Å². The molecule has 0 spiro atoms. The molecule has 0 radical (unpaired) electrons. The van der Waals surface area contributed by atoms with Crippen LogP contribution in [-0.2, 0) is 10.1 Å². The number of benzene rings is 2. The zero-order valence-corrected chi connectivity index (χ0v) is 12.4. The third-order valence-corrected chi connectivity index (χ3v) is 3.74. The molecule has 0 fully saturated rings. The predicted octanol–water partition coefficient (Wildman–Crippen LogP) is 3.33. The minimum absolute atomic E-state index is 0.0666. The summed E-state index contributed by atoms with van der Waals surface area (Å²) in [7, 11) is -4.02. The van der Waals surface area contributed by atoms with Crippen LogP contribution in [0.2, 0.25) is 0 Å². The van der Waals surface area contributed by atoms with Gasteiger partial charge in [0, 0.05) is 5.56 Å². The largest absolute Gasteiger partial charge is 0.489 e. The Bertz CT molecular complexity index is 731. The van der Waals surface area contributed by atoms with Crippen LogP contribution >= 0.6 is 0 Å². The molecule has 0 saturated carbocycles. The number of para-hydroxylation sites is 1. The third-order valence-electron chi connectivity index (χ3n) is 2.87. The lowest BCUT2D eigenvalue weighted by Crippen LogP contribution is -1.98. The highest BCUT2D eigenvalue weighted by Crippen LogP contribution is 2.21. The van der Waals surface area contributed by atoms with Crippen LogP contribution in [0.1, 0.15) is 11.1 Å². The predicted molar refractivity (Wildman–Crippen MR) is 82.0 cm³/mol. The van der Waals surface area contributed by atoms with Gasteiger partial charge in [0.05, 0.1) is 4.90 Å². The van der Waals surface area contributed by atoms with Crippen molar-refractivity contribution in [3.05, 3.63) is 65.7 Å². The summed E-state index contributed by atoms with van der Waals surface area (Å²) in [5.41, 5.74) is 2.13. The molecule has 2 aromatic rings. The second-order valence-electron chi connectivity index (χ2n) is 4.54. The Labute approximate surface area is 124 Å². The molecule has 0 bridgehead atoms. The van der Waals surface area contributed by atoms with Gasteiger partial charge >= 0.3 is 0 Å². The molecular formula is C16H16O4S. The Morgan fingerprint density at radius 3 is 2.33 bits per heavy atom.